The number of hydrogen-bond donors (Lipinski definition) is 2. The Bertz CT molecular complexity index is 1670. The summed E-state index contributed by atoms with van der Waals surface area (Å²) >= 11 is 0. The van der Waals surface area contributed by atoms with Crippen molar-refractivity contribution in [3.63, 3.8) is 0 Å². The van der Waals surface area contributed by atoms with E-state index in [1.807, 2.05) is 91.0 Å². The first-order valence-corrected chi connectivity index (χ1v) is 20.2. The molecule has 5 rings (SSSR count). The van der Waals surface area contributed by atoms with Crippen LogP contribution in [0.15, 0.2) is 109 Å². The van der Waals surface area contributed by atoms with Crippen LogP contribution < -0.4 is 0 Å². The van der Waals surface area contributed by atoms with Crippen molar-refractivity contribution in [2.45, 2.75) is 115 Å². The Morgan fingerprint density at radius 3 is 1.84 bits per heavy atom. The highest BCUT2D eigenvalue weighted by molar-refractivity contribution is 5.68. The smallest absolute Gasteiger partial charge is 0.410 e. The molecule has 0 heterocycles. The molecule has 1 aliphatic carbocycles. The molecule has 1 aliphatic rings. The van der Waals surface area contributed by atoms with Crippen molar-refractivity contribution in [1.29, 1.82) is 0 Å². The molecule has 4 atom stereocenters. The van der Waals surface area contributed by atoms with Crippen molar-refractivity contribution >= 4 is 6.09 Å². The molecule has 7 nitrogen and oxygen atoms in total. The van der Waals surface area contributed by atoms with Gasteiger partial charge in [-0.1, -0.05) is 123 Å². The summed E-state index contributed by atoms with van der Waals surface area (Å²) in [5, 5.41) is 22.8. The van der Waals surface area contributed by atoms with Crippen LogP contribution in [0.1, 0.15) is 93.9 Å². The molecule has 56 heavy (non-hydrogen) atoms. The number of carbonyl (C=O) groups excluding carboxylic acids is 1. The number of aliphatic hydroxyl groups excluding tert-OH is 2. The minimum absolute atomic E-state index is 0.00923. The zero-order valence-electron chi connectivity index (χ0n) is 33.2. The predicted octanol–water partition coefficient (Wildman–Crippen LogP) is 9.66. The third-order valence-electron chi connectivity index (χ3n) is 10.6. The van der Waals surface area contributed by atoms with E-state index in [1.54, 1.807) is 20.8 Å². The SMILES string of the molecule is CC(C)(C)OC(=O)N(CC(OCc1ccccc1)C(C(CO)c1cc(F)cc(F)c1)N(Cc1ccccc1)Cc1ccccc1)C[C@H](O)CCC1CCCCC1. The van der Waals surface area contributed by atoms with Crippen LogP contribution in [0.4, 0.5) is 13.6 Å². The van der Waals surface area contributed by atoms with E-state index in [-0.39, 0.29) is 25.3 Å². The first kappa shape index (κ1) is 43.0. The first-order valence-electron chi connectivity index (χ1n) is 20.2. The van der Waals surface area contributed by atoms with E-state index >= 15 is 8.78 Å². The number of benzene rings is 4. The number of rotatable bonds is 19. The second-order valence-corrected chi connectivity index (χ2v) is 16.3. The Morgan fingerprint density at radius 2 is 1.32 bits per heavy atom. The molecule has 0 bridgehead atoms. The largest absolute Gasteiger partial charge is 0.444 e. The lowest BCUT2D eigenvalue weighted by atomic mass is 9.85. The highest BCUT2D eigenvalue weighted by Gasteiger charge is 2.39. The number of ether oxygens (including phenoxy) is 2. The second-order valence-electron chi connectivity index (χ2n) is 16.3. The van der Waals surface area contributed by atoms with Gasteiger partial charge in [0.1, 0.15) is 17.2 Å². The maximum atomic E-state index is 15.0. The van der Waals surface area contributed by atoms with Gasteiger partial charge < -0.3 is 24.6 Å². The lowest BCUT2D eigenvalue weighted by Gasteiger charge is -2.43. The molecule has 0 radical (unpaired) electrons. The van der Waals surface area contributed by atoms with E-state index < -0.39 is 54.1 Å². The van der Waals surface area contributed by atoms with Gasteiger partial charge in [-0.25, -0.2) is 13.6 Å². The molecule has 0 saturated heterocycles. The van der Waals surface area contributed by atoms with E-state index in [0.717, 1.165) is 42.0 Å². The quantitative estimate of drug-likeness (QED) is 0.0989. The van der Waals surface area contributed by atoms with Gasteiger partial charge in [0.2, 0.25) is 0 Å². The Balaban J connectivity index is 1.60. The van der Waals surface area contributed by atoms with Crippen LogP contribution in [0.3, 0.4) is 0 Å². The predicted molar refractivity (Wildman–Crippen MR) is 217 cm³/mol. The number of aliphatic hydroxyl groups is 2. The minimum atomic E-state index is -0.856. The summed E-state index contributed by atoms with van der Waals surface area (Å²) in [7, 11) is 0. The topological polar surface area (TPSA) is 82.5 Å². The Kier molecular flexibility index (Phi) is 16.4. The van der Waals surface area contributed by atoms with Crippen LogP contribution in [0, 0.1) is 17.6 Å². The standard InChI is InChI=1S/C47H60F2N2O5/c1-47(2,3)56-46(54)51(31-42(53)25-24-35-16-8-4-9-17-35)32-44(55-34-38-22-14-7-15-23-38)45(43(33-52)39-26-40(48)28-41(49)27-39)50(29-36-18-10-5-11-19-36)30-37-20-12-6-13-21-37/h5-7,10-15,18-23,26-28,35,42-45,52-53H,4,8-9,16-17,24-25,29-34H2,1-3H3/t42-,43?,44?,45?/m1/s1. The monoisotopic (exact) mass is 770 g/mol. The summed E-state index contributed by atoms with van der Waals surface area (Å²) in [6, 6.07) is 32.0. The summed E-state index contributed by atoms with van der Waals surface area (Å²) in [4.78, 5) is 17.8. The summed E-state index contributed by atoms with van der Waals surface area (Å²) in [6.07, 6.45) is 5.13. The third kappa shape index (κ3) is 13.8. The number of amides is 1. The Morgan fingerprint density at radius 1 is 0.786 bits per heavy atom. The molecule has 1 saturated carbocycles. The average Bonchev–Trinajstić information content (AvgIpc) is 3.18. The molecule has 1 fully saturated rings. The molecule has 0 spiro atoms. The number of hydrogen-bond acceptors (Lipinski definition) is 6. The van der Waals surface area contributed by atoms with Gasteiger partial charge >= 0.3 is 6.09 Å². The number of halogens is 2. The maximum Gasteiger partial charge on any atom is 0.410 e. The van der Waals surface area contributed by atoms with Gasteiger partial charge in [0, 0.05) is 31.1 Å². The molecule has 3 unspecified atom stereocenters. The average molecular weight is 771 g/mol. The first-order chi connectivity index (χ1) is 27.0. The minimum Gasteiger partial charge on any atom is -0.444 e. The Labute approximate surface area is 332 Å². The molecular formula is C47H60F2N2O5. The number of carbonyl (C=O) groups is 1. The zero-order valence-corrected chi connectivity index (χ0v) is 33.2. The molecule has 4 aromatic rings. The lowest BCUT2D eigenvalue weighted by Crippen LogP contribution is -2.55. The van der Waals surface area contributed by atoms with E-state index in [1.165, 1.54) is 36.3 Å². The van der Waals surface area contributed by atoms with Gasteiger partial charge in [-0.3, -0.25) is 4.90 Å². The lowest BCUT2D eigenvalue weighted by molar-refractivity contribution is -0.0663. The van der Waals surface area contributed by atoms with Crippen LogP contribution in [-0.2, 0) is 29.2 Å². The van der Waals surface area contributed by atoms with E-state index in [2.05, 4.69) is 4.90 Å². The fraction of sp³-hybridized carbons (Fsp3) is 0.468. The van der Waals surface area contributed by atoms with Crippen molar-refractivity contribution < 1.29 is 33.3 Å². The van der Waals surface area contributed by atoms with Crippen molar-refractivity contribution in [3.05, 3.63) is 143 Å². The molecule has 4 aromatic carbocycles. The maximum absolute atomic E-state index is 15.0. The summed E-state index contributed by atoms with van der Waals surface area (Å²) in [5.41, 5.74) is 2.31. The van der Waals surface area contributed by atoms with Crippen molar-refractivity contribution in [1.82, 2.24) is 9.80 Å². The fourth-order valence-corrected chi connectivity index (χ4v) is 7.90. The molecule has 0 aliphatic heterocycles. The highest BCUT2D eigenvalue weighted by atomic mass is 19.1. The summed E-state index contributed by atoms with van der Waals surface area (Å²) in [5.74, 6) is -1.81. The van der Waals surface area contributed by atoms with Crippen LogP contribution in [0.2, 0.25) is 0 Å². The van der Waals surface area contributed by atoms with Gasteiger partial charge in [-0.2, -0.15) is 0 Å². The third-order valence-corrected chi connectivity index (χ3v) is 10.6. The fourth-order valence-electron chi connectivity index (χ4n) is 7.90. The van der Waals surface area contributed by atoms with E-state index in [0.29, 0.717) is 25.4 Å². The van der Waals surface area contributed by atoms with E-state index in [4.69, 9.17) is 9.47 Å². The van der Waals surface area contributed by atoms with Crippen molar-refractivity contribution in [3.8, 4) is 0 Å². The molecule has 302 valence electrons. The van der Waals surface area contributed by atoms with Gasteiger partial charge in [0.05, 0.1) is 38.5 Å². The van der Waals surface area contributed by atoms with Crippen molar-refractivity contribution in [2.75, 3.05) is 19.7 Å². The van der Waals surface area contributed by atoms with Gasteiger partial charge in [-0.15, -0.1) is 0 Å². The van der Waals surface area contributed by atoms with Crippen LogP contribution in [-0.4, -0.2) is 69.7 Å². The van der Waals surface area contributed by atoms with Crippen LogP contribution in [0.25, 0.3) is 0 Å². The zero-order chi connectivity index (χ0) is 39.9. The Hall–Kier alpha value is -4.15. The summed E-state index contributed by atoms with van der Waals surface area (Å²) < 4.78 is 42.9. The van der Waals surface area contributed by atoms with Gasteiger partial charge in [0.15, 0.2) is 0 Å². The van der Waals surface area contributed by atoms with Crippen LogP contribution in [0.5, 0.6) is 0 Å². The molecular weight excluding hydrogens is 711 g/mol. The van der Waals surface area contributed by atoms with Gasteiger partial charge in [-0.05, 0) is 73.9 Å². The molecule has 0 aromatic heterocycles. The molecule has 1 amide bonds. The molecule has 2 N–H and O–H groups in total. The number of nitrogens with zero attached hydrogens (tertiary/aromatic N) is 2. The highest BCUT2D eigenvalue weighted by Crippen LogP contribution is 2.33. The van der Waals surface area contributed by atoms with E-state index in [9.17, 15) is 15.0 Å². The van der Waals surface area contributed by atoms with Crippen LogP contribution >= 0.6 is 0 Å². The normalized spacial score (nSPS) is 15.9. The molecule has 9 heteroatoms. The van der Waals surface area contributed by atoms with Gasteiger partial charge in [0.25, 0.3) is 0 Å². The van der Waals surface area contributed by atoms with Crippen molar-refractivity contribution in [2.24, 2.45) is 5.92 Å². The second kappa shape index (κ2) is 21.4. The summed E-state index contributed by atoms with van der Waals surface area (Å²) in [6.45, 7) is 5.89.